The zero-order valence-electron chi connectivity index (χ0n) is 12.9. The molecule has 1 atom stereocenters. The average molecular weight is 314 g/mol. The van der Waals surface area contributed by atoms with E-state index in [1.54, 1.807) is 6.20 Å². The van der Waals surface area contributed by atoms with Gasteiger partial charge in [0.15, 0.2) is 0 Å². The number of nitrogens with zero attached hydrogens (tertiary/aromatic N) is 1. The molecule has 1 aliphatic rings. The van der Waals surface area contributed by atoms with Crippen LogP contribution >= 0.6 is 0 Å². The van der Waals surface area contributed by atoms with Crippen LogP contribution in [0.2, 0.25) is 0 Å². The maximum Gasteiger partial charge on any atom is 0.328 e. The molecular formula is C17H18N2O4. The molecule has 0 bridgehead atoms. The summed E-state index contributed by atoms with van der Waals surface area (Å²) in [7, 11) is 1.29. The zero-order valence-corrected chi connectivity index (χ0v) is 12.9. The largest absolute Gasteiger partial charge is 0.467 e. The predicted molar refractivity (Wildman–Crippen MR) is 83.8 cm³/mol. The highest BCUT2D eigenvalue weighted by Gasteiger charge is 2.37. The number of aromatic nitrogens is 1. The Morgan fingerprint density at radius 2 is 2.09 bits per heavy atom. The Hall–Kier alpha value is -2.63. The summed E-state index contributed by atoms with van der Waals surface area (Å²) in [5.74, 6) is -1.58. The number of ether oxygens (including phenoxy) is 1. The van der Waals surface area contributed by atoms with E-state index in [2.05, 4.69) is 4.98 Å². The molecular weight excluding hydrogens is 296 g/mol. The molecule has 2 aromatic rings. The van der Waals surface area contributed by atoms with Gasteiger partial charge in [0, 0.05) is 30.1 Å². The molecule has 0 aliphatic carbocycles. The Balaban J connectivity index is 1.75. The number of fused-ring (bicyclic) bond motifs is 1. The second-order valence-corrected chi connectivity index (χ2v) is 5.64. The molecule has 1 aromatic heterocycles. The fraction of sp³-hybridized carbons (Fsp3) is 0.353. The number of carbonyl (C=O) groups excluding carboxylic acids is 3. The highest BCUT2D eigenvalue weighted by molar-refractivity contribution is 6.37. The Morgan fingerprint density at radius 3 is 2.87 bits per heavy atom. The van der Waals surface area contributed by atoms with Crippen molar-refractivity contribution < 1.29 is 19.1 Å². The second-order valence-electron chi connectivity index (χ2n) is 5.64. The third-order valence-electron chi connectivity index (χ3n) is 4.25. The van der Waals surface area contributed by atoms with Crippen molar-refractivity contribution in [3.05, 3.63) is 36.0 Å². The summed E-state index contributed by atoms with van der Waals surface area (Å²) in [6.07, 6.45) is 3.01. The van der Waals surface area contributed by atoms with Gasteiger partial charge in [0.1, 0.15) is 6.04 Å². The van der Waals surface area contributed by atoms with Gasteiger partial charge < -0.3 is 14.6 Å². The van der Waals surface area contributed by atoms with Crippen molar-refractivity contribution in [1.29, 1.82) is 0 Å². The van der Waals surface area contributed by atoms with Crippen LogP contribution in [0.3, 0.4) is 0 Å². The van der Waals surface area contributed by atoms with Crippen LogP contribution in [-0.2, 0) is 25.5 Å². The van der Waals surface area contributed by atoms with E-state index in [9.17, 15) is 14.4 Å². The maximum atomic E-state index is 12.4. The molecule has 2 heterocycles. The van der Waals surface area contributed by atoms with Crippen LogP contribution < -0.4 is 0 Å². The van der Waals surface area contributed by atoms with Gasteiger partial charge >= 0.3 is 5.97 Å². The van der Waals surface area contributed by atoms with E-state index in [0.29, 0.717) is 19.4 Å². The van der Waals surface area contributed by atoms with E-state index >= 15 is 0 Å². The lowest BCUT2D eigenvalue weighted by molar-refractivity contribution is -0.153. The number of likely N-dealkylation sites (tertiary alicyclic amines) is 1. The second kappa shape index (κ2) is 6.24. The zero-order chi connectivity index (χ0) is 16.4. The third kappa shape index (κ3) is 2.84. The summed E-state index contributed by atoms with van der Waals surface area (Å²) >= 11 is 0. The van der Waals surface area contributed by atoms with Crippen LogP contribution in [0.1, 0.15) is 18.4 Å². The molecule has 1 aromatic carbocycles. The number of benzene rings is 1. The standard InChI is InChI=1S/C17H18N2O4/c1-23-17(22)14-7-4-8-19(14)16(21)15(20)9-11-10-18-13-6-3-2-5-12(11)13/h2-3,5-6,10,14,18H,4,7-9H2,1H3/t14-/m0/s1. The van der Waals surface area contributed by atoms with Crippen LogP contribution in [0.4, 0.5) is 0 Å². The van der Waals surface area contributed by atoms with Gasteiger partial charge in [-0.2, -0.15) is 0 Å². The lowest BCUT2D eigenvalue weighted by atomic mass is 10.1. The molecule has 1 N–H and O–H groups in total. The number of rotatable bonds is 4. The summed E-state index contributed by atoms with van der Waals surface area (Å²) in [6.45, 7) is 0.415. The Bertz CT molecular complexity index is 765. The van der Waals surface area contributed by atoms with Gasteiger partial charge in [0.2, 0.25) is 5.78 Å². The molecule has 3 rings (SSSR count). The van der Waals surface area contributed by atoms with Gasteiger partial charge in [-0.3, -0.25) is 9.59 Å². The van der Waals surface area contributed by atoms with E-state index in [1.165, 1.54) is 12.0 Å². The number of methoxy groups -OCH3 is 1. The minimum absolute atomic E-state index is 0.0211. The molecule has 0 saturated carbocycles. The number of ketones is 1. The summed E-state index contributed by atoms with van der Waals surface area (Å²) in [4.78, 5) is 40.9. The number of esters is 1. The van der Waals surface area contributed by atoms with Crippen molar-refractivity contribution in [2.75, 3.05) is 13.7 Å². The summed E-state index contributed by atoms with van der Waals surface area (Å²) in [5.41, 5.74) is 1.71. The highest BCUT2D eigenvalue weighted by atomic mass is 16.5. The number of nitrogens with one attached hydrogen (secondary N) is 1. The van der Waals surface area contributed by atoms with Crippen LogP contribution in [-0.4, -0.2) is 47.2 Å². The number of hydrogen-bond donors (Lipinski definition) is 1. The number of H-pyrrole nitrogens is 1. The smallest absolute Gasteiger partial charge is 0.328 e. The number of carbonyl (C=O) groups is 3. The predicted octanol–water partition coefficient (Wildman–Crippen LogP) is 1.44. The van der Waals surface area contributed by atoms with E-state index in [4.69, 9.17) is 4.74 Å². The lowest BCUT2D eigenvalue weighted by Crippen LogP contribution is -2.44. The van der Waals surface area contributed by atoms with Crippen LogP contribution in [0.15, 0.2) is 30.5 Å². The minimum Gasteiger partial charge on any atom is -0.467 e. The molecule has 1 aliphatic heterocycles. The number of para-hydroxylation sites is 1. The van der Waals surface area contributed by atoms with E-state index in [-0.39, 0.29) is 6.42 Å². The number of amides is 1. The lowest BCUT2D eigenvalue weighted by Gasteiger charge is -2.21. The van der Waals surface area contributed by atoms with Crippen molar-refractivity contribution in [2.45, 2.75) is 25.3 Å². The van der Waals surface area contributed by atoms with E-state index in [1.807, 2.05) is 24.3 Å². The number of Topliss-reactive ketones (excluding diaryl/α,β-unsaturated/α-hetero) is 1. The molecule has 23 heavy (non-hydrogen) atoms. The molecule has 6 nitrogen and oxygen atoms in total. The van der Waals surface area contributed by atoms with E-state index in [0.717, 1.165) is 16.5 Å². The Kier molecular flexibility index (Phi) is 4.14. The molecule has 0 unspecified atom stereocenters. The summed E-state index contributed by atoms with van der Waals surface area (Å²) < 4.78 is 4.71. The fourth-order valence-corrected chi connectivity index (χ4v) is 3.08. The molecule has 1 fully saturated rings. The molecule has 0 spiro atoms. The van der Waals surface area contributed by atoms with Crippen molar-refractivity contribution in [3.8, 4) is 0 Å². The molecule has 120 valence electrons. The van der Waals surface area contributed by atoms with Crippen molar-refractivity contribution in [1.82, 2.24) is 9.88 Å². The summed E-state index contributed by atoms with van der Waals surface area (Å²) in [6, 6.07) is 6.98. The third-order valence-corrected chi connectivity index (χ3v) is 4.25. The highest BCUT2D eigenvalue weighted by Crippen LogP contribution is 2.21. The van der Waals surface area contributed by atoms with E-state index < -0.39 is 23.7 Å². The molecule has 1 amide bonds. The van der Waals surface area contributed by atoms with Gasteiger partial charge in [0.05, 0.1) is 7.11 Å². The van der Waals surface area contributed by atoms with Crippen LogP contribution in [0.25, 0.3) is 10.9 Å². The van der Waals surface area contributed by atoms with Crippen molar-refractivity contribution >= 4 is 28.6 Å². The quantitative estimate of drug-likeness (QED) is 0.684. The minimum atomic E-state index is -0.639. The van der Waals surface area contributed by atoms with Gasteiger partial charge in [-0.1, -0.05) is 18.2 Å². The van der Waals surface area contributed by atoms with Crippen LogP contribution in [0, 0.1) is 0 Å². The van der Waals surface area contributed by atoms with Gasteiger partial charge in [0.25, 0.3) is 5.91 Å². The van der Waals surface area contributed by atoms with Gasteiger partial charge in [-0.15, -0.1) is 0 Å². The summed E-state index contributed by atoms with van der Waals surface area (Å²) in [5, 5.41) is 0.930. The molecule has 0 radical (unpaired) electrons. The first-order valence-corrected chi connectivity index (χ1v) is 7.58. The number of aromatic amines is 1. The molecule has 6 heteroatoms. The first-order valence-electron chi connectivity index (χ1n) is 7.58. The normalized spacial score (nSPS) is 17.4. The number of hydrogen-bond acceptors (Lipinski definition) is 4. The Morgan fingerprint density at radius 1 is 1.30 bits per heavy atom. The van der Waals surface area contributed by atoms with Crippen LogP contribution in [0.5, 0.6) is 0 Å². The van der Waals surface area contributed by atoms with Gasteiger partial charge in [-0.25, -0.2) is 4.79 Å². The Labute approximate surface area is 133 Å². The van der Waals surface area contributed by atoms with Gasteiger partial charge in [-0.05, 0) is 24.5 Å². The SMILES string of the molecule is COC(=O)[C@@H]1CCCN1C(=O)C(=O)Cc1c[nH]c2ccccc12. The fourth-order valence-electron chi connectivity index (χ4n) is 3.08. The first-order chi connectivity index (χ1) is 11.1. The monoisotopic (exact) mass is 314 g/mol. The van der Waals surface area contributed by atoms with Crippen molar-refractivity contribution in [2.24, 2.45) is 0 Å². The average Bonchev–Trinajstić information content (AvgIpc) is 3.21. The molecule has 1 saturated heterocycles. The maximum absolute atomic E-state index is 12.4. The first kappa shape index (κ1) is 15.3. The topological polar surface area (TPSA) is 79.5 Å². The van der Waals surface area contributed by atoms with Crippen molar-refractivity contribution in [3.63, 3.8) is 0 Å².